The molecule has 0 radical (unpaired) electrons. The van der Waals surface area contributed by atoms with Crippen molar-refractivity contribution < 1.29 is 9.53 Å². The molecule has 0 aliphatic rings. The van der Waals surface area contributed by atoms with E-state index in [2.05, 4.69) is 27.9 Å². The zero-order valence-corrected chi connectivity index (χ0v) is 15.2. The van der Waals surface area contributed by atoms with Crippen molar-refractivity contribution in [2.24, 2.45) is 0 Å². The highest BCUT2D eigenvalue weighted by Crippen LogP contribution is 2.16. The molecule has 0 aliphatic heterocycles. The van der Waals surface area contributed by atoms with Gasteiger partial charge in [-0.05, 0) is 73.2 Å². The van der Waals surface area contributed by atoms with Gasteiger partial charge in [0.1, 0.15) is 5.75 Å². The van der Waals surface area contributed by atoms with Gasteiger partial charge in [0, 0.05) is 10.1 Å². The average Bonchev–Trinajstić information content (AvgIpc) is 2.44. The molecule has 22 heavy (non-hydrogen) atoms. The molecule has 1 amide bonds. The lowest BCUT2D eigenvalue weighted by Gasteiger charge is -2.12. The molecule has 0 saturated carbocycles. The summed E-state index contributed by atoms with van der Waals surface area (Å²) in [4.78, 5) is 12.3. The maximum Gasteiger partial charge on any atom is 0.252 e. The Morgan fingerprint density at radius 3 is 2.68 bits per heavy atom. The van der Waals surface area contributed by atoms with Crippen LogP contribution in [0.1, 0.15) is 35.3 Å². The highest BCUT2D eigenvalue weighted by Gasteiger charge is 2.09. The molecule has 3 nitrogen and oxygen atoms in total. The summed E-state index contributed by atoms with van der Waals surface area (Å²) in [6, 6.07) is 13.6. The van der Waals surface area contributed by atoms with Gasteiger partial charge in [0.05, 0.1) is 11.7 Å². The van der Waals surface area contributed by atoms with E-state index in [0.29, 0.717) is 12.1 Å². The van der Waals surface area contributed by atoms with Crippen molar-refractivity contribution in [1.82, 2.24) is 5.32 Å². The van der Waals surface area contributed by atoms with E-state index < -0.39 is 0 Å². The molecule has 0 unspecified atom stereocenters. The van der Waals surface area contributed by atoms with E-state index >= 15 is 0 Å². The van der Waals surface area contributed by atoms with Crippen LogP contribution in [0.25, 0.3) is 0 Å². The van der Waals surface area contributed by atoms with Gasteiger partial charge in [0.25, 0.3) is 5.91 Å². The zero-order valence-electron chi connectivity index (χ0n) is 13.0. The minimum atomic E-state index is -0.0559. The van der Waals surface area contributed by atoms with Gasteiger partial charge in [-0.1, -0.05) is 23.8 Å². The summed E-state index contributed by atoms with van der Waals surface area (Å²) >= 11 is 2.19. The second-order valence-electron chi connectivity index (χ2n) is 5.48. The molecular weight excluding hydrogens is 389 g/mol. The standard InChI is InChI=1S/C18H20INO2/c1-12(2)22-15-6-4-5-14(10-15)11-20-18(21)16-8-7-13(3)9-17(16)19/h4-10,12H,11H2,1-3H3,(H,20,21). The number of carbonyl (C=O) groups is 1. The molecule has 2 aromatic carbocycles. The Hall–Kier alpha value is -1.56. The Bertz CT molecular complexity index is 668. The topological polar surface area (TPSA) is 38.3 Å². The van der Waals surface area contributed by atoms with Crippen molar-refractivity contribution in [3.05, 3.63) is 62.7 Å². The van der Waals surface area contributed by atoms with E-state index in [9.17, 15) is 4.79 Å². The number of ether oxygens (including phenoxy) is 1. The molecule has 0 spiro atoms. The van der Waals surface area contributed by atoms with Crippen LogP contribution in [-0.2, 0) is 6.54 Å². The Kier molecular flexibility index (Phi) is 5.83. The molecule has 0 aromatic heterocycles. The molecular formula is C18H20INO2. The van der Waals surface area contributed by atoms with E-state index in [1.807, 2.05) is 63.2 Å². The van der Waals surface area contributed by atoms with Crippen molar-refractivity contribution in [3.8, 4) is 5.75 Å². The van der Waals surface area contributed by atoms with Gasteiger partial charge in [0.15, 0.2) is 0 Å². The smallest absolute Gasteiger partial charge is 0.252 e. The van der Waals surface area contributed by atoms with Crippen LogP contribution in [0.15, 0.2) is 42.5 Å². The maximum absolute atomic E-state index is 12.3. The Morgan fingerprint density at radius 2 is 2.00 bits per heavy atom. The van der Waals surface area contributed by atoms with Gasteiger partial charge in [-0.25, -0.2) is 0 Å². The fraction of sp³-hybridized carbons (Fsp3) is 0.278. The molecule has 2 rings (SSSR count). The molecule has 0 saturated heterocycles. The Labute approximate surface area is 145 Å². The predicted molar refractivity (Wildman–Crippen MR) is 97.3 cm³/mol. The lowest BCUT2D eigenvalue weighted by atomic mass is 10.1. The van der Waals surface area contributed by atoms with E-state index in [1.165, 1.54) is 0 Å². The monoisotopic (exact) mass is 409 g/mol. The highest BCUT2D eigenvalue weighted by molar-refractivity contribution is 14.1. The van der Waals surface area contributed by atoms with E-state index in [1.54, 1.807) is 0 Å². The number of hydrogen-bond donors (Lipinski definition) is 1. The lowest BCUT2D eigenvalue weighted by molar-refractivity contribution is 0.0950. The summed E-state index contributed by atoms with van der Waals surface area (Å²) in [6.07, 6.45) is 0.138. The van der Waals surface area contributed by atoms with Crippen LogP contribution in [0.3, 0.4) is 0 Å². The van der Waals surface area contributed by atoms with Crippen LogP contribution >= 0.6 is 22.6 Å². The predicted octanol–water partition coefficient (Wildman–Crippen LogP) is 4.32. The van der Waals surface area contributed by atoms with E-state index in [-0.39, 0.29) is 12.0 Å². The normalized spacial score (nSPS) is 10.6. The van der Waals surface area contributed by atoms with Crippen molar-refractivity contribution >= 4 is 28.5 Å². The number of benzene rings is 2. The second kappa shape index (κ2) is 7.63. The molecule has 0 atom stereocenters. The molecule has 0 bridgehead atoms. The van der Waals surface area contributed by atoms with Gasteiger partial charge in [-0.2, -0.15) is 0 Å². The van der Waals surface area contributed by atoms with Crippen LogP contribution in [0.2, 0.25) is 0 Å². The third-order valence-corrected chi connectivity index (χ3v) is 3.99. The summed E-state index contributed by atoms with van der Waals surface area (Å²) in [5.41, 5.74) is 2.88. The van der Waals surface area contributed by atoms with Crippen LogP contribution in [0, 0.1) is 10.5 Å². The number of nitrogens with one attached hydrogen (secondary N) is 1. The SMILES string of the molecule is Cc1ccc(C(=O)NCc2cccc(OC(C)C)c2)c(I)c1. The molecule has 0 fully saturated rings. The molecule has 116 valence electrons. The summed E-state index contributed by atoms with van der Waals surface area (Å²) in [6.45, 7) is 6.49. The third kappa shape index (κ3) is 4.73. The number of aryl methyl sites for hydroxylation is 1. The van der Waals surface area contributed by atoms with Crippen molar-refractivity contribution in [3.63, 3.8) is 0 Å². The number of rotatable bonds is 5. The largest absolute Gasteiger partial charge is 0.491 e. The van der Waals surface area contributed by atoms with Crippen LogP contribution in [0.4, 0.5) is 0 Å². The van der Waals surface area contributed by atoms with Gasteiger partial charge in [0.2, 0.25) is 0 Å². The number of halogens is 1. The minimum Gasteiger partial charge on any atom is -0.491 e. The first-order valence-corrected chi connectivity index (χ1v) is 8.33. The number of hydrogen-bond acceptors (Lipinski definition) is 2. The maximum atomic E-state index is 12.3. The average molecular weight is 409 g/mol. The number of amides is 1. The summed E-state index contributed by atoms with van der Waals surface area (Å²) < 4.78 is 6.63. The molecule has 0 aliphatic carbocycles. The summed E-state index contributed by atoms with van der Waals surface area (Å²) in [5, 5.41) is 2.96. The Morgan fingerprint density at radius 1 is 1.23 bits per heavy atom. The fourth-order valence-corrected chi connectivity index (χ4v) is 3.00. The minimum absolute atomic E-state index is 0.0559. The van der Waals surface area contributed by atoms with Gasteiger partial charge < -0.3 is 10.1 Å². The quantitative estimate of drug-likeness (QED) is 0.748. The second-order valence-corrected chi connectivity index (χ2v) is 6.64. The Balaban J connectivity index is 2.02. The van der Waals surface area contributed by atoms with Crippen LogP contribution in [-0.4, -0.2) is 12.0 Å². The molecule has 1 N–H and O–H groups in total. The van der Waals surface area contributed by atoms with Crippen LogP contribution < -0.4 is 10.1 Å². The van der Waals surface area contributed by atoms with E-state index in [0.717, 1.165) is 20.4 Å². The van der Waals surface area contributed by atoms with Crippen molar-refractivity contribution in [1.29, 1.82) is 0 Å². The highest BCUT2D eigenvalue weighted by atomic mass is 127. The first kappa shape index (κ1) is 16.8. The first-order valence-electron chi connectivity index (χ1n) is 7.25. The zero-order chi connectivity index (χ0) is 16.1. The van der Waals surface area contributed by atoms with Crippen LogP contribution in [0.5, 0.6) is 5.75 Å². The molecule has 0 heterocycles. The van der Waals surface area contributed by atoms with Gasteiger partial charge in [-0.3, -0.25) is 4.79 Å². The third-order valence-electron chi connectivity index (χ3n) is 3.09. The van der Waals surface area contributed by atoms with Gasteiger partial charge in [-0.15, -0.1) is 0 Å². The van der Waals surface area contributed by atoms with Crippen molar-refractivity contribution in [2.45, 2.75) is 33.4 Å². The van der Waals surface area contributed by atoms with Gasteiger partial charge >= 0.3 is 0 Å². The molecule has 4 heteroatoms. The summed E-state index contributed by atoms with van der Waals surface area (Å²) in [7, 11) is 0. The number of carbonyl (C=O) groups excluding carboxylic acids is 1. The summed E-state index contributed by atoms with van der Waals surface area (Å²) in [5.74, 6) is 0.770. The lowest BCUT2D eigenvalue weighted by Crippen LogP contribution is -2.23. The first-order chi connectivity index (χ1) is 10.5. The van der Waals surface area contributed by atoms with E-state index in [4.69, 9.17) is 4.74 Å². The molecule has 2 aromatic rings. The fourth-order valence-electron chi connectivity index (χ4n) is 2.08. The van der Waals surface area contributed by atoms with Crippen molar-refractivity contribution in [2.75, 3.05) is 0 Å².